The Morgan fingerprint density at radius 2 is 2.04 bits per heavy atom. The van der Waals surface area contributed by atoms with Gasteiger partial charge in [0, 0.05) is 30.9 Å². The Bertz CT molecular complexity index is 851. The van der Waals surface area contributed by atoms with E-state index in [0.717, 1.165) is 49.0 Å². The van der Waals surface area contributed by atoms with E-state index in [4.69, 9.17) is 0 Å². The number of anilines is 3. The average Bonchev–Trinajstić information content (AvgIpc) is 2.69. The molecule has 26 heavy (non-hydrogen) atoms. The van der Waals surface area contributed by atoms with Crippen molar-refractivity contribution in [3.8, 4) is 0 Å². The van der Waals surface area contributed by atoms with Crippen LogP contribution in [-0.2, 0) is 0 Å². The van der Waals surface area contributed by atoms with E-state index in [2.05, 4.69) is 35.1 Å². The molecule has 0 radical (unpaired) electrons. The average molecular weight is 347 g/mol. The Balaban J connectivity index is 1.44. The smallest absolute Gasteiger partial charge is 0.150 e. The molecule has 0 amide bonds. The van der Waals surface area contributed by atoms with Crippen molar-refractivity contribution in [1.29, 1.82) is 0 Å². The van der Waals surface area contributed by atoms with Crippen molar-refractivity contribution < 1.29 is 0 Å². The molecule has 0 saturated carbocycles. The Kier molecular flexibility index (Phi) is 4.68. The summed E-state index contributed by atoms with van der Waals surface area (Å²) in [4.78, 5) is 24.2. The zero-order chi connectivity index (χ0) is 17.8. The second-order valence-corrected chi connectivity index (χ2v) is 6.47. The monoisotopic (exact) mass is 347 g/mol. The van der Waals surface area contributed by atoms with Crippen molar-refractivity contribution in [1.82, 2.24) is 24.9 Å². The van der Waals surface area contributed by atoms with Gasteiger partial charge in [0.15, 0.2) is 0 Å². The molecule has 132 valence electrons. The Morgan fingerprint density at radius 1 is 1.08 bits per heavy atom. The second-order valence-electron chi connectivity index (χ2n) is 6.47. The van der Waals surface area contributed by atoms with Gasteiger partial charge < -0.3 is 10.2 Å². The molecule has 4 rings (SSSR count). The van der Waals surface area contributed by atoms with E-state index in [1.807, 2.05) is 37.4 Å². The van der Waals surface area contributed by atoms with Gasteiger partial charge in [-0.25, -0.2) is 19.9 Å². The predicted molar refractivity (Wildman–Crippen MR) is 101 cm³/mol. The SMILES string of the molecule is Cc1cccc(Nc2cnc([C@@H]3CCCN(c4ccncn4)C3)cn2)n1. The van der Waals surface area contributed by atoms with Gasteiger partial charge in [-0.3, -0.25) is 4.98 Å². The van der Waals surface area contributed by atoms with Crippen LogP contribution >= 0.6 is 0 Å². The standard InChI is InChI=1S/C19H21N7/c1-14-4-2-6-17(24-14)25-18-11-21-16(10-22-18)15-5-3-9-26(12-15)19-7-8-20-13-23-19/h2,4,6-8,10-11,13,15H,3,5,9,12H2,1H3,(H,22,24,25)/t15-/m1/s1. The first kappa shape index (κ1) is 16.4. The molecule has 0 unspecified atom stereocenters. The highest BCUT2D eigenvalue weighted by molar-refractivity contribution is 5.50. The summed E-state index contributed by atoms with van der Waals surface area (Å²) >= 11 is 0. The molecule has 1 fully saturated rings. The van der Waals surface area contributed by atoms with Crippen LogP contribution in [0.2, 0.25) is 0 Å². The Morgan fingerprint density at radius 3 is 2.81 bits per heavy atom. The first-order valence-corrected chi connectivity index (χ1v) is 8.81. The van der Waals surface area contributed by atoms with E-state index < -0.39 is 0 Å². The highest BCUT2D eigenvalue weighted by Gasteiger charge is 2.23. The molecule has 0 bridgehead atoms. The highest BCUT2D eigenvalue weighted by atomic mass is 15.2. The number of piperidine rings is 1. The molecule has 3 aromatic heterocycles. The molecule has 1 aliphatic heterocycles. The third-order valence-corrected chi connectivity index (χ3v) is 4.55. The lowest BCUT2D eigenvalue weighted by atomic mass is 9.95. The maximum Gasteiger partial charge on any atom is 0.150 e. The number of hydrogen-bond acceptors (Lipinski definition) is 7. The summed E-state index contributed by atoms with van der Waals surface area (Å²) in [7, 11) is 0. The van der Waals surface area contributed by atoms with Crippen LogP contribution in [0.25, 0.3) is 0 Å². The van der Waals surface area contributed by atoms with Gasteiger partial charge >= 0.3 is 0 Å². The number of pyridine rings is 1. The minimum Gasteiger partial charge on any atom is -0.356 e. The van der Waals surface area contributed by atoms with Crippen LogP contribution in [0, 0.1) is 6.92 Å². The first-order chi connectivity index (χ1) is 12.8. The van der Waals surface area contributed by atoms with E-state index in [9.17, 15) is 0 Å². The molecule has 0 aromatic carbocycles. The van der Waals surface area contributed by atoms with Gasteiger partial charge in [0.1, 0.15) is 23.8 Å². The third kappa shape index (κ3) is 3.77. The third-order valence-electron chi connectivity index (χ3n) is 4.55. The molecule has 3 aromatic rings. The molecule has 0 aliphatic carbocycles. The molecule has 0 spiro atoms. The summed E-state index contributed by atoms with van der Waals surface area (Å²) in [6.45, 7) is 3.88. The summed E-state index contributed by atoms with van der Waals surface area (Å²) in [5, 5.41) is 3.20. The van der Waals surface area contributed by atoms with Crippen molar-refractivity contribution >= 4 is 17.5 Å². The van der Waals surface area contributed by atoms with Gasteiger partial charge in [0.25, 0.3) is 0 Å². The van der Waals surface area contributed by atoms with E-state index in [1.165, 1.54) is 0 Å². The molecular formula is C19H21N7. The van der Waals surface area contributed by atoms with Crippen LogP contribution in [0.1, 0.15) is 30.1 Å². The number of nitrogens with zero attached hydrogens (tertiary/aromatic N) is 6. The Labute approximate surface area is 152 Å². The minimum absolute atomic E-state index is 0.359. The molecule has 1 atom stereocenters. The van der Waals surface area contributed by atoms with Gasteiger partial charge in [0.2, 0.25) is 0 Å². The zero-order valence-corrected chi connectivity index (χ0v) is 14.7. The van der Waals surface area contributed by atoms with Gasteiger partial charge in [-0.15, -0.1) is 0 Å². The maximum absolute atomic E-state index is 4.64. The fraction of sp³-hybridized carbons (Fsp3) is 0.316. The normalized spacial score (nSPS) is 17.1. The van der Waals surface area contributed by atoms with Gasteiger partial charge in [-0.05, 0) is 38.0 Å². The van der Waals surface area contributed by atoms with Crippen LogP contribution in [-0.4, -0.2) is 38.0 Å². The van der Waals surface area contributed by atoms with Crippen LogP contribution in [0.15, 0.2) is 49.2 Å². The number of hydrogen-bond donors (Lipinski definition) is 1. The van der Waals surface area contributed by atoms with Crippen LogP contribution in [0.4, 0.5) is 17.5 Å². The minimum atomic E-state index is 0.359. The molecule has 7 nitrogen and oxygen atoms in total. The summed E-state index contributed by atoms with van der Waals surface area (Å²) in [5.41, 5.74) is 1.98. The molecule has 1 saturated heterocycles. The summed E-state index contributed by atoms with van der Waals surface area (Å²) < 4.78 is 0. The number of rotatable bonds is 4. The van der Waals surface area contributed by atoms with Crippen molar-refractivity contribution in [3.05, 3.63) is 60.6 Å². The number of aryl methyl sites for hydroxylation is 1. The number of nitrogens with one attached hydrogen (secondary N) is 1. The van der Waals surface area contributed by atoms with Crippen molar-refractivity contribution in [2.24, 2.45) is 0 Å². The van der Waals surface area contributed by atoms with E-state index in [-0.39, 0.29) is 0 Å². The molecule has 1 N–H and O–H groups in total. The van der Waals surface area contributed by atoms with Gasteiger partial charge in [0.05, 0.1) is 18.1 Å². The topological polar surface area (TPSA) is 79.7 Å². The maximum atomic E-state index is 4.64. The first-order valence-electron chi connectivity index (χ1n) is 8.81. The zero-order valence-electron chi connectivity index (χ0n) is 14.7. The van der Waals surface area contributed by atoms with Gasteiger partial charge in [-0.1, -0.05) is 6.07 Å². The lowest BCUT2D eigenvalue weighted by Gasteiger charge is -2.33. The van der Waals surface area contributed by atoms with Crippen molar-refractivity contribution in [2.45, 2.75) is 25.7 Å². The highest BCUT2D eigenvalue weighted by Crippen LogP contribution is 2.28. The number of aromatic nitrogens is 5. The van der Waals surface area contributed by atoms with Gasteiger partial charge in [-0.2, -0.15) is 0 Å². The van der Waals surface area contributed by atoms with Crippen molar-refractivity contribution in [3.63, 3.8) is 0 Å². The lowest BCUT2D eigenvalue weighted by molar-refractivity contribution is 0.497. The van der Waals surface area contributed by atoms with Crippen LogP contribution in [0.3, 0.4) is 0 Å². The lowest BCUT2D eigenvalue weighted by Crippen LogP contribution is -2.35. The quantitative estimate of drug-likeness (QED) is 0.777. The summed E-state index contributed by atoms with van der Waals surface area (Å²) in [6, 6.07) is 7.81. The molecule has 4 heterocycles. The van der Waals surface area contributed by atoms with Crippen LogP contribution < -0.4 is 10.2 Å². The fourth-order valence-corrected chi connectivity index (χ4v) is 3.25. The second kappa shape index (κ2) is 7.43. The summed E-state index contributed by atoms with van der Waals surface area (Å²) in [6.07, 6.45) is 9.26. The largest absolute Gasteiger partial charge is 0.356 e. The molecule has 1 aliphatic rings. The van der Waals surface area contributed by atoms with Crippen LogP contribution in [0.5, 0.6) is 0 Å². The fourth-order valence-electron chi connectivity index (χ4n) is 3.25. The van der Waals surface area contributed by atoms with Crippen molar-refractivity contribution in [2.75, 3.05) is 23.3 Å². The molecule has 7 heteroatoms. The summed E-state index contributed by atoms with van der Waals surface area (Å²) in [5.74, 6) is 2.81. The van der Waals surface area contributed by atoms with E-state index in [1.54, 1.807) is 18.7 Å². The molecular weight excluding hydrogens is 326 g/mol. The Hall–Kier alpha value is -3.09. The predicted octanol–water partition coefficient (Wildman–Crippen LogP) is 3.10. The van der Waals surface area contributed by atoms with E-state index >= 15 is 0 Å². The van der Waals surface area contributed by atoms with E-state index in [0.29, 0.717) is 11.7 Å².